The highest BCUT2D eigenvalue weighted by molar-refractivity contribution is 7.89. The predicted molar refractivity (Wildman–Crippen MR) is 160 cm³/mol. The molecule has 13 heteroatoms. The molecule has 0 amide bonds. The third-order valence-electron chi connectivity index (χ3n) is 8.11. The summed E-state index contributed by atoms with van der Waals surface area (Å²) in [7, 11) is -3.44. The molecule has 0 unspecified atom stereocenters. The van der Waals surface area contributed by atoms with Crippen molar-refractivity contribution < 1.29 is 8.42 Å². The summed E-state index contributed by atoms with van der Waals surface area (Å²) < 4.78 is 25.0. The summed E-state index contributed by atoms with van der Waals surface area (Å²) in [6.45, 7) is 9.00. The zero-order valence-electron chi connectivity index (χ0n) is 22.4. The van der Waals surface area contributed by atoms with Crippen LogP contribution in [-0.2, 0) is 10.0 Å². The summed E-state index contributed by atoms with van der Waals surface area (Å²) in [6.07, 6.45) is 5.57. The number of hydrogen-bond donors (Lipinski definition) is 1. The van der Waals surface area contributed by atoms with Crippen LogP contribution in [0.5, 0.6) is 0 Å². The van der Waals surface area contributed by atoms with Gasteiger partial charge in [0.1, 0.15) is 11.3 Å². The summed E-state index contributed by atoms with van der Waals surface area (Å²) in [5.41, 5.74) is 3.26. The van der Waals surface area contributed by atoms with Crippen molar-refractivity contribution >= 4 is 62.6 Å². The van der Waals surface area contributed by atoms with E-state index in [-0.39, 0.29) is 30.2 Å². The zero-order chi connectivity index (χ0) is 27.2. The molecule has 1 aromatic carbocycles. The van der Waals surface area contributed by atoms with E-state index in [4.69, 9.17) is 43.4 Å². The summed E-state index contributed by atoms with van der Waals surface area (Å²) in [5, 5.41) is 11.2. The van der Waals surface area contributed by atoms with Crippen molar-refractivity contribution in [3.8, 4) is 0 Å². The number of primary sulfonamides is 1. The molecule has 4 atom stereocenters. The van der Waals surface area contributed by atoms with Crippen molar-refractivity contribution in [2.75, 3.05) is 30.3 Å². The quantitative estimate of drug-likeness (QED) is 0.405. The molecule has 2 saturated heterocycles. The van der Waals surface area contributed by atoms with Crippen LogP contribution in [0.3, 0.4) is 0 Å². The van der Waals surface area contributed by atoms with Gasteiger partial charge in [0.25, 0.3) is 0 Å². The monoisotopic (exact) mass is 615 g/mol. The van der Waals surface area contributed by atoms with E-state index in [0.29, 0.717) is 28.4 Å². The largest absolute Gasteiger partial charge is 0.355 e. The molecule has 0 spiro atoms. The van der Waals surface area contributed by atoms with Gasteiger partial charge in [0.2, 0.25) is 10.0 Å². The fraction of sp³-hybridized carbons (Fsp3) is 0.577. The highest BCUT2D eigenvalue weighted by Crippen LogP contribution is 2.34. The van der Waals surface area contributed by atoms with Crippen molar-refractivity contribution in [2.45, 2.75) is 64.6 Å². The van der Waals surface area contributed by atoms with Crippen LogP contribution in [0.25, 0.3) is 11.2 Å². The van der Waals surface area contributed by atoms with E-state index in [1.165, 1.54) is 0 Å². The number of sulfonamides is 1. The Morgan fingerprint density at radius 2 is 1.97 bits per heavy atom. The van der Waals surface area contributed by atoms with Gasteiger partial charge in [-0.2, -0.15) is 5.10 Å². The normalized spacial score (nSPS) is 23.2. The minimum Gasteiger partial charge on any atom is -0.355 e. The number of anilines is 1. The third kappa shape index (κ3) is 6.47. The van der Waals surface area contributed by atoms with E-state index in [1.807, 2.05) is 36.9 Å². The molecule has 2 aliphatic rings. The summed E-state index contributed by atoms with van der Waals surface area (Å²) in [4.78, 5) is 14.6. The lowest BCUT2D eigenvalue weighted by atomic mass is 9.91. The second-order valence-electron chi connectivity index (χ2n) is 10.7. The number of aromatic nitrogens is 4. The van der Waals surface area contributed by atoms with Crippen LogP contribution in [-0.4, -0.2) is 70.5 Å². The Kier molecular flexibility index (Phi) is 9.35. The first kappa shape index (κ1) is 30.3. The molecule has 0 saturated carbocycles. The number of benzene rings is 1. The van der Waals surface area contributed by atoms with Crippen LogP contribution in [0.1, 0.15) is 56.8 Å². The molecule has 0 radical (unpaired) electrons. The Bertz CT molecular complexity index is 1430. The van der Waals surface area contributed by atoms with Crippen LogP contribution in [0.4, 0.5) is 5.82 Å². The van der Waals surface area contributed by atoms with E-state index >= 15 is 0 Å². The Labute approximate surface area is 246 Å². The van der Waals surface area contributed by atoms with E-state index in [2.05, 4.69) is 16.7 Å². The van der Waals surface area contributed by atoms with E-state index in [0.717, 1.165) is 67.1 Å². The lowest BCUT2D eigenvalue weighted by Gasteiger charge is -2.43. The highest BCUT2D eigenvalue weighted by atomic mass is 35.5. The number of nitrogens with two attached hydrogens (primary N) is 1. The molecule has 5 rings (SSSR count). The lowest BCUT2D eigenvalue weighted by Crippen LogP contribution is -2.52. The maximum atomic E-state index is 11.5. The van der Waals surface area contributed by atoms with Crippen molar-refractivity contribution in [3.05, 3.63) is 45.7 Å². The van der Waals surface area contributed by atoms with Gasteiger partial charge in [0.15, 0.2) is 5.65 Å². The average molecular weight is 617 g/mol. The van der Waals surface area contributed by atoms with Crippen LogP contribution in [0, 0.1) is 12.8 Å². The standard InChI is InChI=1S/C26H35Cl2N7O2S.ClH/c1-16-15-33(11-8-23(16)34-10-4-5-20(34)9-12-38(29,36)37)24-14-30-25-17(2)32-35(26(25)31-24)18(3)21-7-6-19(27)13-22(21)28;/h6-7,13-14,16,18,20,23H,4-5,8-12,15H2,1-3H3,(H2,29,36,37);1H/t16-,18-,20+,23+;/m1./s1. The molecule has 2 aromatic heterocycles. The SMILES string of the molecule is Cc1nn([C@H](C)c2ccc(Cl)cc2Cl)c2nc(N3CC[C@H](N4CCC[C@H]4CCS(N)(=O)=O)[C@H](C)C3)cnc12.Cl. The van der Waals surface area contributed by atoms with Gasteiger partial charge < -0.3 is 4.90 Å². The summed E-state index contributed by atoms with van der Waals surface area (Å²) in [5.74, 6) is 1.28. The van der Waals surface area contributed by atoms with Crippen LogP contribution in [0.2, 0.25) is 10.0 Å². The zero-order valence-corrected chi connectivity index (χ0v) is 25.6. The van der Waals surface area contributed by atoms with E-state index in [1.54, 1.807) is 6.07 Å². The predicted octanol–water partition coefficient (Wildman–Crippen LogP) is 4.83. The molecule has 39 heavy (non-hydrogen) atoms. The maximum Gasteiger partial charge on any atom is 0.209 e. The van der Waals surface area contributed by atoms with Gasteiger partial charge in [-0.05, 0) is 69.7 Å². The molecule has 214 valence electrons. The van der Waals surface area contributed by atoms with Gasteiger partial charge in [-0.25, -0.2) is 28.2 Å². The second kappa shape index (κ2) is 12.0. The molecule has 0 bridgehead atoms. The van der Waals surface area contributed by atoms with Crippen LogP contribution in [0.15, 0.2) is 24.4 Å². The number of piperidine rings is 1. The fourth-order valence-corrected chi connectivity index (χ4v) is 7.34. The van der Waals surface area contributed by atoms with Gasteiger partial charge in [-0.15, -0.1) is 12.4 Å². The van der Waals surface area contributed by atoms with Gasteiger partial charge in [0, 0.05) is 35.2 Å². The first-order chi connectivity index (χ1) is 18.0. The molecule has 9 nitrogen and oxygen atoms in total. The smallest absolute Gasteiger partial charge is 0.209 e. The minimum atomic E-state index is -3.44. The average Bonchev–Trinajstić information content (AvgIpc) is 3.46. The highest BCUT2D eigenvalue weighted by Gasteiger charge is 2.37. The molecule has 4 heterocycles. The number of aryl methyl sites for hydroxylation is 1. The Morgan fingerprint density at radius 3 is 2.67 bits per heavy atom. The molecule has 2 N–H and O–H groups in total. The van der Waals surface area contributed by atoms with Crippen molar-refractivity contribution in [2.24, 2.45) is 11.1 Å². The van der Waals surface area contributed by atoms with Gasteiger partial charge in [0.05, 0.1) is 23.7 Å². The van der Waals surface area contributed by atoms with Gasteiger partial charge >= 0.3 is 0 Å². The molecular weight excluding hydrogens is 581 g/mol. The van der Waals surface area contributed by atoms with E-state index in [9.17, 15) is 8.42 Å². The summed E-state index contributed by atoms with van der Waals surface area (Å²) in [6, 6.07) is 6.06. The molecule has 2 fully saturated rings. The van der Waals surface area contributed by atoms with Gasteiger partial charge in [-0.1, -0.05) is 36.2 Å². The van der Waals surface area contributed by atoms with Crippen LogP contribution < -0.4 is 10.0 Å². The Morgan fingerprint density at radius 1 is 1.21 bits per heavy atom. The lowest BCUT2D eigenvalue weighted by molar-refractivity contribution is 0.113. The van der Waals surface area contributed by atoms with Crippen molar-refractivity contribution in [3.63, 3.8) is 0 Å². The number of likely N-dealkylation sites (tertiary alicyclic amines) is 1. The Balaban J connectivity index is 0.00000353. The number of hydrogen-bond acceptors (Lipinski definition) is 7. The second-order valence-corrected chi connectivity index (χ2v) is 13.3. The van der Waals surface area contributed by atoms with Crippen molar-refractivity contribution in [1.29, 1.82) is 0 Å². The maximum absolute atomic E-state index is 11.5. The molecular formula is C26H36Cl3N7O2S. The minimum absolute atomic E-state index is 0. The Hall–Kier alpha value is -1.69. The summed E-state index contributed by atoms with van der Waals surface area (Å²) >= 11 is 12.6. The molecule has 0 aliphatic carbocycles. The topological polar surface area (TPSA) is 110 Å². The number of fused-ring (bicyclic) bond motifs is 1. The molecule has 2 aliphatic heterocycles. The third-order valence-corrected chi connectivity index (χ3v) is 9.47. The van der Waals surface area contributed by atoms with E-state index < -0.39 is 10.0 Å². The van der Waals surface area contributed by atoms with Crippen LogP contribution >= 0.6 is 35.6 Å². The fourth-order valence-electron chi connectivity index (χ4n) is 6.18. The van der Waals surface area contributed by atoms with Gasteiger partial charge in [-0.3, -0.25) is 4.90 Å². The first-order valence-corrected chi connectivity index (χ1v) is 15.7. The van der Waals surface area contributed by atoms with Crippen molar-refractivity contribution in [1.82, 2.24) is 24.6 Å². The first-order valence-electron chi connectivity index (χ1n) is 13.2. The number of nitrogens with zero attached hydrogens (tertiary/aromatic N) is 6. The number of rotatable bonds is 7. The number of halogens is 3. The molecule has 3 aromatic rings.